The molecule has 0 spiro atoms. The molecule has 4 heteroatoms. The summed E-state index contributed by atoms with van der Waals surface area (Å²) >= 11 is 0. The second kappa shape index (κ2) is 7.05. The molecule has 0 aromatic heterocycles. The van der Waals surface area contributed by atoms with Gasteiger partial charge >= 0.3 is 0 Å². The lowest BCUT2D eigenvalue weighted by Gasteiger charge is -2.37. The lowest BCUT2D eigenvalue weighted by molar-refractivity contribution is -0.130. The highest BCUT2D eigenvalue weighted by Gasteiger charge is 2.31. The Morgan fingerprint density at radius 3 is 2.68 bits per heavy atom. The van der Waals surface area contributed by atoms with E-state index < -0.39 is 0 Å². The largest absolute Gasteiger partial charge is 0.338 e. The van der Waals surface area contributed by atoms with E-state index in [1.165, 1.54) is 0 Å². The smallest absolute Gasteiger partial charge is 0.222 e. The van der Waals surface area contributed by atoms with E-state index in [0.717, 1.165) is 51.0 Å². The molecule has 1 aromatic carbocycles. The van der Waals surface area contributed by atoms with Crippen LogP contribution in [-0.4, -0.2) is 53.7 Å². The van der Waals surface area contributed by atoms with Gasteiger partial charge in [0.05, 0.1) is 0 Å². The highest BCUT2D eigenvalue weighted by Crippen LogP contribution is 2.21. The quantitative estimate of drug-likeness (QED) is 0.784. The van der Waals surface area contributed by atoms with Crippen molar-refractivity contribution in [3.8, 4) is 0 Å². The Labute approximate surface area is 132 Å². The van der Waals surface area contributed by atoms with Gasteiger partial charge in [0.25, 0.3) is 0 Å². The number of Topliss-reactive ketones (excluding diaryl/α,β-unsaturated/α-hetero) is 1. The highest BCUT2D eigenvalue weighted by atomic mass is 16.2. The Balaban J connectivity index is 1.50. The summed E-state index contributed by atoms with van der Waals surface area (Å²) in [6, 6.07) is 9.86. The molecule has 0 radical (unpaired) electrons. The lowest BCUT2D eigenvalue weighted by atomic mass is 10.0. The third-order valence-corrected chi connectivity index (χ3v) is 4.78. The van der Waals surface area contributed by atoms with Gasteiger partial charge in [-0.05, 0) is 25.8 Å². The number of likely N-dealkylation sites (tertiary alicyclic amines) is 2. The molecule has 4 nitrogen and oxygen atoms in total. The topological polar surface area (TPSA) is 40.6 Å². The summed E-state index contributed by atoms with van der Waals surface area (Å²) in [6.07, 6.45) is 4.50. The zero-order valence-corrected chi connectivity index (χ0v) is 13.0. The van der Waals surface area contributed by atoms with Crippen molar-refractivity contribution in [3.05, 3.63) is 35.9 Å². The van der Waals surface area contributed by atoms with Gasteiger partial charge in [-0.1, -0.05) is 30.3 Å². The number of amides is 1. The van der Waals surface area contributed by atoms with Gasteiger partial charge in [0.15, 0.2) is 5.78 Å². The predicted octanol–water partition coefficient (Wildman–Crippen LogP) is 2.35. The first-order valence-corrected chi connectivity index (χ1v) is 8.34. The fourth-order valence-corrected chi connectivity index (χ4v) is 3.57. The standard InChI is InChI=1S/C18H24N2O2/c21-17(15-6-2-1-3-7-15)10-13-19-11-4-8-16(14-19)20-12-5-9-18(20)22/h1-3,6-7,16H,4-5,8-14H2. The summed E-state index contributed by atoms with van der Waals surface area (Å²) in [5.74, 6) is 0.521. The minimum atomic E-state index is 0.208. The van der Waals surface area contributed by atoms with E-state index in [1.54, 1.807) is 0 Å². The van der Waals surface area contributed by atoms with Crippen molar-refractivity contribution in [3.63, 3.8) is 0 Å². The third-order valence-electron chi connectivity index (χ3n) is 4.78. The van der Waals surface area contributed by atoms with Crippen LogP contribution < -0.4 is 0 Å². The van der Waals surface area contributed by atoms with Crippen LogP contribution in [0.25, 0.3) is 0 Å². The van der Waals surface area contributed by atoms with Gasteiger partial charge < -0.3 is 9.80 Å². The molecular formula is C18H24N2O2. The van der Waals surface area contributed by atoms with E-state index in [1.807, 2.05) is 30.3 Å². The number of carbonyl (C=O) groups is 2. The average molecular weight is 300 g/mol. The van der Waals surface area contributed by atoms with Crippen molar-refractivity contribution in [1.82, 2.24) is 9.80 Å². The fourth-order valence-electron chi connectivity index (χ4n) is 3.57. The van der Waals surface area contributed by atoms with Crippen molar-refractivity contribution < 1.29 is 9.59 Å². The number of hydrogen-bond acceptors (Lipinski definition) is 3. The molecule has 1 aromatic rings. The number of ketones is 1. The minimum absolute atomic E-state index is 0.208. The Morgan fingerprint density at radius 1 is 1.14 bits per heavy atom. The molecule has 1 amide bonds. The van der Waals surface area contributed by atoms with Crippen LogP contribution in [0.1, 0.15) is 42.5 Å². The van der Waals surface area contributed by atoms with E-state index in [0.29, 0.717) is 24.8 Å². The summed E-state index contributed by atoms with van der Waals surface area (Å²) in [5.41, 5.74) is 0.797. The van der Waals surface area contributed by atoms with Crippen molar-refractivity contribution in [2.75, 3.05) is 26.2 Å². The lowest BCUT2D eigenvalue weighted by Crippen LogP contribution is -2.48. The summed E-state index contributed by atoms with van der Waals surface area (Å²) in [4.78, 5) is 28.5. The molecule has 2 aliphatic heterocycles. The van der Waals surface area contributed by atoms with Crippen molar-refractivity contribution >= 4 is 11.7 Å². The number of piperidine rings is 1. The summed E-state index contributed by atoms with van der Waals surface area (Å²) < 4.78 is 0. The van der Waals surface area contributed by atoms with Crippen LogP contribution in [0.15, 0.2) is 30.3 Å². The van der Waals surface area contributed by atoms with Crippen molar-refractivity contribution in [2.24, 2.45) is 0 Å². The molecule has 2 saturated heterocycles. The predicted molar refractivity (Wildman–Crippen MR) is 85.8 cm³/mol. The molecule has 0 N–H and O–H groups in total. The van der Waals surface area contributed by atoms with Gasteiger partial charge in [-0.3, -0.25) is 9.59 Å². The molecule has 3 rings (SSSR count). The van der Waals surface area contributed by atoms with Crippen LogP contribution in [0.5, 0.6) is 0 Å². The highest BCUT2D eigenvalue weighted by molar-refractivity contribution is 5.96. The molecule has 1 atom stereocenters. The number of rotatable bonds is 5. The van der Waals surface area contributed by atoms with Crippen LogP contribution in [0.4, 0.5) is 0 Å². The summed E-state index contributed by atoms with van der Waals surface area (Å²) in [5, 5.41) is 0. The van der Waals surface area contributed by atoms with Crippen LogP contribution >= 0.6 is 0 Å². The first kappa shape index (κ1) is 15.2. The molecule has 1 unspecified atom stereocenters. The minimum Gasteiger partial charge on any atom is -0.338 e. The Hall–Kier alpha value is -1.68. The van der Waals surface area contributed by atoms with Crippen LogP contribution in [-0.2, 0) is 4.79 Å². The van der Waals surface area contributed by atoms with Crippen LogP contribution in [0.2, 0.25) is 0 Å². The number of nitrogens with zero attached hydrogens (tertiary/aromatic N) is 2. The zero-order chi connectivity index (χ0) is 15.4. The van der Waals surface area contributed by atoms with Gasteiger partial charge in [0, 0.05) is 44.1 Å². The summed E-state index contributed by atoms with van der Waals surface area (Å²) in [7, 11) is 0. The molecule has 2 aliphatic rings. The summed E-state index contributed by atoms with van der Waals surface area (Å²) in [6.45, 7) is 3.68. The van der Waals surface area contributed by atoms with Crippen molar-refractivity contribution in [2.45, 2.75) is 38.1 Å². The molecule has 22 heavy (non-hydrogen) atoms. The number of hydrogen-bond donors (Lipinski definition) is 0. The third kappa shape index (κ3) is 3.55. The van der Waals surface area contributed by atoms with E-state index >= 15 is 0 Å². The maximum absolute atomic E-state index is 12.2. The van der Waals surface area contributed by atoms with Gasteiger partial charge in [-0.2, -0.15) is 0 Å². The first-order chi connectivity index (χ1) is 10.7. The van der Waals surface area contributed by atoms with E-state index in [9.17, 15) is 9.59 Å². The number of benzene rings is 1. The monoisotopic (exact) mass is 300 g/mol. The van der Waals surface area contributed by atoms with E-state index in [4.69, 9.17) is 0 Å². The molecule has 2 heterocycles. The van der Waals surface area contributed by atoms with Gasteiger partial charge in [-0.15, -0.1) is 0 Å². The van der Waals surface area contributed by atoms with Gasteiger partial charge in [0.1, 0.15) is 0 Å². The van der Waals surface area contributed by atoms with Crippen LogP contribution in [0, 0.1) is 0 Å². The first-order valence-electron chi connectivity index (χ1n) is 8.34. The second-order valence-corrected chi connectivity index (χ2v) is 6.33. The normalized spacial score (nSPS) is 23.0. The molecule has 2 fully saturated rings. The van der Waals surface area contributed by atoms with Crippen LogP contribution in [0.3, 0.4) is 0 Å². The van der Waals surface area contributed by atoms with Crippen molar-refractivity contribution in [1.29, 1.82) is 0 Å². The maximum Gasteiger partial charge on any atom is 0.222 e. The average Bonchev–Trinajstić information content (AvgIpc) is 3.00. The molecular weight excluding hydrogens is 276 g/mol. The zero-order valence-electron chi connectivity index (χ0n) is 13.0. The Morgan fingerprint density at radius 2 is 1.95 bits per heavy atom. The molecule has 118 valence electrons. The second-order valence-electron chi connectivity index (χ2n) is 6.33. The Kier molecular flexibility index (Phi) is 4.88. The molecule has 0 aliphatic carbocycles. The molecule has 0 saturated carbocycles. The number of carbonyl (C=O) groups excluding carboxylic acids is 2. The SMILES string of the molecule is O=C(CCN1CCCC(N2CCCC2=O)C1)c1ccccc1. The van der Waals surface area contributed by atoms with E-state index in [2.05, 4.69) is 9.80 Å². The van der Waals surface area contributed by atoms with Gasteiger partial charge in [-0.25, -0.2) is 0 Å². The fraction of sp³-hybridized carbons (Fsp3) is 0.556. The van der Waals surface area contributed by atoms with E-state index in [-0.39, 0.29) is 5.78 Å². The maximum atomic E-state index is 12.2. The Bertz CT molecular complexity index is 529. The molecule has 0 bridgehead atoms. The van der Waals surface area contributed by atoms with Gasteiger partial charge in [0.2, 0.25) is 5.91 Å².